The molecule has 0 spiro atoms. The number of aliphatic imine (C=N–C) groups is 1. The number of hydrogen-bond donors (Lipinski definition) is 1. The average molecular weight is 487 g/mol. The zero-order chi connectivity index (χ0) is 24.4. The summed E-state index contributed by atoms with van der Waals surface area (Å²) in [6.45, 7) is 1.97. The smallest absolute Gasteiger partial charge is 0.262 e. The van der Waals surface area contributed by atoms with E-state index in [4.69, 9.17) is 5.10 Å². The highest BCUT2D eigenvalue weighted by Gasteiger charge is 2.39. The van der Waals surface area contributed by atoms with Crippen LogP contribution in [0.3, 0.4) is 0 Å². The minimum Gasteiger partial charge on any atom is -0.326 e. The van der Waals surface area contributed by atoms with E-state index in [-0.39, 0.29) is 30.1 Å². The summed E-state index contributed by atoms with van der Waals surface area (Å²) in [4.78, 5) is 29.5. The highest BCUT2D eigenvalue weighted by molar-refractivity contribution is 8.15. The number of hydrogen-bond acceptors (Lipinski definition) is 5. The zero-order valence-corrected chi connectivity index (χ0v) is 19.8. The Morgan fingerprint density at radius 3 is 2.49 bits per heavy atom. The lowest BCUT2D eigenvalue weighted by atomic mass is 9.99. The van der Waals surface area contributed by atoms with Gasteiger partial charge in [-0.15, -0.1) is 0 Å². The molecule has 5 rings (SSSR count). The Morgan fingerprint density at radius 2 is 1.77 bits per heavy atom. The molecule has 0 fully saturated rings. The topological polar surface area (TPSA) is 74.1 Å². The molecule has 2 aliphatic heterocycles. The van der Waals surface area contributed by atoms with Gasteiger partial charge in [0.15, 0.2) is 5.17 Å². The standard InChI is InChI=1S/C27H23FN4O2S/c1-17-7-13-21(14-8-17)29-25(33)16-24-26(34)30-27(35-24)32-23(19-9-11-20(28)12-10-19)15-22(31-32)18-5-3-2-4-6-18/h2-14,23-24H,15-16H2,1H3,(H,29,33)/t23-,24+/m1/s1. The predicted octanol–water partition coefficient (Wildman–Crippen LogP) is 5.31. The van der Waals surface area contributed by atoms with Crippen molar-refractivity contribution < 1.29 is 14.0 Å². The van der Waals surface area contributed by atoms with Crippen LogP contribution in [0.2, 0.25) is 0 Å². The van der Waals surface area contributed by atoms with Crippen molar-refractivity contribution >= 4 is 40.1 Å². The molecule has 0 bridgehead atoms. The fourth-order valence-electron chi connectivity index (χ4n) is 4.06. The number of nitrogens with zero attached hydrogens (tertiary/aromatic N) is 3. The Bertz CT molecular complexity index is 1310. The van der Waals surface area contributed by atoms with Gasteiger partial charge in [0.1, 0.15) is 11.1 Å². The zero-order valence-electron chi connectivity index (χ0n) is 19.0. The lowest BCUT2D eigenvalue weighted by Gasteiger charge is -2.23. The van der Waals surface area contributed by atoms with Crippen LogP contribution in [0.15, 0.2) is 89.0 Å². The van der Waals surface area contributed by atoms with E-state index in [0.717, 1.165) is 22.4 Å². The van der Waals surface area contributed by atoms with Gasteiger partial charge >= 0.3 is 0 Å². The van der Waals surface area contributed by atoms with Gasteiger partial charge in [0, 0.05) is 18.5 Å². The molecule has 35 heavy (non-hydrogen) atoms. The number of carbonyl (C=O) groups excluding carboxylic acids is 2. The number of halogens is 1. The van der Waals surface area contributed by atoms with E-state index < -0.39 is 5.25 Å². The van der Waals surface area contributed by atoms with Crippen LogP contribution in [-0.4, -0.2) is 33.0 Å². The summed E-state index contributed by atoms with van der Waals surface area (Å²) in [6, 6.07) is 23.3. The molecule has 0 saturated heterocycles. The van der Waals surface area contributed by atoms with E-state index in [9.17, 15) is 14.0 Å². The van der Waals surface area contributed by atoms with Crippen LogP contribution >= 0.6 is 11.8 Å². The molecule has 0 aliphatic carbocycles. The third kappa shape index (κ3) is 5.17. The normalized spacial score (nSPS) is 19.5. The number of amidine groups is 1. The number of aryl methyl sites for hydroxylation is 1. The van der Waals surface area contributed by atoms with E-state index in [2.05, 4.69) is 10.3 Å². The van der Waals surface area contributed by atoms with Gasteiger partial charge in [0.05, 0.1) is 11.8 Å². The second-order valence-corrected chi connectivity index (χ2v) is 9.66. The monoisotopic (exact) mass is 486 g/mol. The van der Waals surface area contributed by atoms with Crippen molar-refractivity contribution in [1.29, 1.82) is 0 Å². The van der Waals surface area contributed by atoms with Crippen LogP contribution in [0.4, 0.5) is 10.1 Å². The minimum absolute atomic E-state index is 0.00862. The van der Waals surface area contributed by atoms with Crippen molar-refractivity contribution in [2.75, 3.05) is 5.32 Å². The third-order valence-corrected chi connectivity index (χ3v) is 7.05. The SMILES string of the molecule is Cc1ccc(NC(=O)C[C@@H]2SC(N3N=C(c4ccccc4)C[C@@H]3c3ccc(F)cc3)=NC2=O)cc1. The summed E-state index contributed by atoms with van der Waals surface area (Å²) < 4.78 is 13.6. The van der Waals surface area contributed by atoms with Crippen LogP contribution in [-0.2, 0) is 9.59 Å². The van der Waals surface area contributed by atoms with Gasteiger partial charge in [-0.05, 0) is 42.3 Å². The van der Waals surface area contributed by atoms with Crippen LogP contribution in [0, 0.1) is 12.7 Å². The number of thioether (sulfide) groups is 1. The summed E-state index contributed by atoms with van der Waals surface area (Å²) in [6.07, 6.45) is 0.594. The fraction of sp³-hybridized carbons (Fsp3) is 0.185. The van der Waals surface area contributed by atoms with Crippen LogP contribution in [0.5, 0.6) is 0 Å². The maximum atomic E-state index is 13.6. The molecule has 0 radical (unpaired) electrons. The number of nitrogens with one attached hydrogen (secondary N) is 1. The van der Waals surface area contributed by atoms with Crippen molar-refractivity contribution in [2.45, 2.75) is 31.1 Å². The molecular formula is C27H23FN4O2S. The van der Waals surface area contributed by atoms with Crippen LogP contribution < -0.4 is 5.32 Å². The maximum Gasteiger partial charge on any atom is 0.262 e. The number of benzene rings is 3. The summed E-state index contributed by atoms with van der Waals surface area (Å²) in [5.41, 5.74) is 4.49. The van der Waals surface area contributed by atoms with E-state index in [0.29, 0.717) is 17.3 Å². The molecule has 176 valence electrons. The molecule has 2 atom stereocenters. The van der Waals surface area contributed by atoms with Gasteiger partial charge in [-0.1, -0.05) is 71.9 Å². The van der Waals surface area contributed by atoms with E-state index >= 15 is 0 Å². The fourth-order valence-corrected chi connectivity index (χ4v) is 5.12. The molecule has 0 aromatic heterocycles. The molecule has 0 unspecified atom stereocenters. The second kappa shape index (κ2) is 9.84. The van der Waals surface area contributed by atoms with Crippen molar-refractivity contribution in [3.63, 3.8) is 0 Å². The van der Waals surface area contributed by atoms with Gasteiger partial charge in [0.25, 0.3) is 5.91 Å². The molecule has 6 nitrogen and oxygen atoms in total. The number of carbonyl (C=O) groups is 2. The third-order valence-electron chi connectivity index (χ3n) is 5.90. The molecule has 2 aliphatic rings. The molecule has 1 N–H and O–H groups in total. The van der Waals surface area contributed by atoms with Gasteiger partial charge in [-0.25, -0.2) is 9.40 Å². The Hall–Kier alpha value is -3.78. The van der Waals surface area contributed by atoms with Crippen molar-refractivity contribution in [1.82, 2.24) is 5.01 Å². The average Bonchev–Trinajstić information content (AvgIpc) is 3.46. The van der Waals surface area contributed by atoms with Crippen LogP contribution in [0.25, 0.3) is 0 Å². The van der Waals surface area contributed by atoms with Gasteiger partial charge in [-0.2, -0.15) is 10.1 Å². The highest BCUT2D eigenvalue weighted by atomic mass is 32.2. The molecule has 3 aromatic carbocycles. The lowest BCUT2D eigenvalue weighted by molar-refractivity contribution is -0.121. The largest absolute Gasteiger partial charge is 0.326 e. The molecule has 3 aromatic rings. The lowest BCUT2D eigenvalue weighted by Crippen LogP contribution is -2.25. The number of rotatable bonds is 5. The molecular weight excluding hydrogens is 463 g/mol. The Balaban J connectivity index is 1.34. The second-order valence-electron chi connectivity index (χ2n) is 8.49. The molecule has 8 heteroatoms. The summed E-state index contributed by atoms with van der Waals surface area (Å²) >= 11 is 1.24. The number of anilines is 1. The Morgan fingerprint density at radius 1 is 1.06 bits per heavy atom. The van der Waals surface area contributed by atoms with E-state index in [1.807, 2.05) is 61.5 Å². The van der Waals surface area contributed by atoms with Gasteiger partial charge in [-0.3, -0.25) is 9.59 Å². The predicted molar refractivity (Wildman–Crippen MR) is 137 cm³/mol. The van der Waals surface area contributed by atoms with E-state index in [1.165, 1.54) is 23.9 Å². The summed E-state index contributed by atoms with van der Waals surface area (Å²) in [5.74, 6) is -0.920. The van der Waals surface area contributed by atoms with Gasteiger partial charge < -0.3 is 5.32 Å². The first-order valence-corrected chi connectivity index (χ1v) is 12.2. The van der Waals surface area contributed by atoms with Crippen molar-refractivity contribution in [3.8, 4) is 0 Å². The first-order chi connectivity index (χ1) is 17.0. The Labute approximate surface area is 207 Å². The summed E-state index contributed by atoms with van der Waals surface area (Å²) in [7, 11) is 0. The van der Waals surface area contributed by atoms with Crippen molar-refractivity contribution in [3.05, 3.63) is 101 Å². The number of hydrazone groups is 1. The summed E-state index contributed by atoms with van der Waals surface area (Å²) in [5, 5.41) is 9.19. The molecule has 0 saturated carbocycles. The van der Waals surface area contributed by atoms with Crippen LogP contribution in [0.1, 0.15) is 35.6 Å². The van der Waals surface area contributed by atoms with E-state index in [1.54, 1.807) is 17.1 Å². The highest BCUT2D eigenvalue weighted by Crippen LogP contribution is 2.38. The Kier molecular flexibility index (Phi) is 6.46. The minimum atomic E-state index is -0.625. The quantitative estimate of drug-likeness (QED) is 0.530. The first-order valence-electron chi connectivity index (χ1n) is 11.3. The first kappa shape index (κ1) is 23.0. The van der Waals surface area contributed by atoms with Crippen molar-refractivity contribution in [2.24, 2.45) is 10.1 Å². The van der Waals surface area contributed by atoms with Gasteiger partial charge in [0.2, 0.25) is 5.91 Å². The maximum absolute atomic E-state index is 13.6. The molecule has 2 heterocycles. The number of amides is 2. The molecule has 2 amide bonds.